The maximum atomic E-state index is 13.8. The van der Waals surface area contributed by atoms with Crippen LogP contribution in [0.15, 0.2) is 40.3 Å². The van der Waals surface area contributed by atoms with Gasteiger partial charge in [-0.25, -0.2) is 4.98 Å². The van der Waals surface area contributed by atoms with Crippen LogP contribution in [0.1, 0.15) is 43.0 Å². The third-order valence-electron chi connectivity index (χ3n) is 6.05. The normalized spacial score (nSPS) is 21.8. The van der Waals surface area contributed by atoms with Crippen LogP contribution in [0.2, 0.25) is 0 Å². The molecule has 5 nitrogen and oxygen atoms in total. The summed E-state index contributed by atoms with van der Waals surface area (Å²) in [5.41, 5.74) is 1.99. The van der Waals surface area contributed by atoms with Gasteiger partial charge >= 0.3 is 0 Å². The fourth-order valence-electron chi connectivity index (χ4n) is 4.41. The van der Waals surface area contributed by atoms with Crippen molar-refractivity contribution >= 4 is 39.2 Å². The molecule has 2 unspecified atom stereocenters. The van der Waals surface area contributed by atoms with E-state index in [0.29, 0.717) is 11.1 Å². The number of nitrogens with zero attached hydrogens (tertiary/aromatic N) is 2. The molecule has 1 fully saturated rings. The molecule has 0 spiro atoms. The number of nitrogens with one attached hydrogen (secondary N) is 1. The second-order valence-corrected chi connectivity index (χ2v) is 10.5. The number of hydrogen-bond donors (Lipinski definition) is 1. The van der Waals surface area contributed by atoms with E-state index in [9.17, 15) is 9.59 Å². The molecule has 2 aliphatic rings. The van der Waals surface area contributed by atoms with Crippen molar-refractivity contribution in [3.8, 4) is 5.69 Å². The molecule has 1 aromatic carbocycles. The predicted octanol–water partition coefficient (Wildman–Crippen LogP) is 4.33. The Morgan fingerprint density at radius 2 is 2.00 bits per heavy atom. The molecule has 3 aromatic rings. The van der Waals surface area contributed by atoms with E-state index in [1.807, 2.05) is 30.3 Å². The molecule has 2 atom stereocenters. The quantitative estimate of drug-likeness (QED) is 0.617. The van der Waals surface area contributed by atoms with Gasteiger partial charge in [-0.1, -0.05) is 43.3 Å². The largest absolute Gasteiger partial charge is 0.355 e. The van der Waals surface area contributed by atoms with E-state index in [1.165, 1.54) is 22.2 Å². The van der Waals surface area contributed by atoms with Crippen LogP contribution in [0.4, 0.5) is 0 Å². The van der Waals surface area contributed by atoms with Crippen molar-refractivity contribution < 1.29 is 4.79 Å². The smallest absolute Gasteiger partial charge is 0.267 e. The van der Waals surface area contributed by atoms with Crippen molar-refractivity contribution in [1.82, 2.24) is 14.9 Å². The number of fused-ring (bicyclic) bond motifs is 3. The molecule has 5 rings (SSSR count). The van der Waals surface area contributed by atoms with Crippen molar-refractivity contribution in [2.24, 2.45) is 5.92 Å². The van der Waals surface area contributed by atoms with E-state index in [0.717, 1.165) is 61.0 Å². The second kappa shape index (κ2) is 8.19. The van der Waals surface area contributed by atoms with Gasteiger partial charge in [-0.2, -0.15) is 0 Å². The fourth-order valence-corrected chi connectivity index (χ4v) is 7.00. The SMILES string of the molecule is CC1CCc2c(sc3nc(SC4CCCCNC4=O)n(-c4ccccc4)c(=O)c23)C1. The first-order chi connectivity index (χ1) is 14.6. The Morgan fingerprint density at radius 1 is 1.17 bits per heavy atom. The molecule has 1 amide bonds. The molecule has 3 heterocycles. The number of carbonyl (C=O) groups excluding carboxylic acids is 1. The van der Waals surface area contributed by atoms with Crippen molar-refractivity contribution in [3.05, 3.63) is 51.1 Å². The summed E-state index contributed by atoms with van der Waals surface area (Å²) in [6.07, 6.45) is 5.88. The summed E-state index contributed by atoms with van der Waals surface area (Å²) >= 11 is 3.09. The third-order valence-corrected chi connectivity index (χ3v) is 8.41. The number of benzene rings is 1. The average Bonchev–Trinajstić information content (AvgIpc) is 2.98. The lowest BCUT2D eigenvalue weighted by molar-refractivity contribution is -0.120. The number of hydrogen-bond acceptors (Lipinski definition) is 5. The van der Waals surface area contributed by atoms with Gasteiger partial charge in [0, 0.05) is 11.4 Å². The van der Waals surface area contributed by atoms with E-state index in [-0.39, 0.29) is 16.7 Å². The topological polar surface area (TPSA) is 64.0 Å². The monoisotopic (exact) mass is 439 g/mol. The fraction of sp³-hybridized carbons (Fsp3) is 0.435. The van der Waals surface area contributed by atoms with Gasteiger partial charge in [0.25, 0.3) is 5.56 Å². The molecule has 1 saturated heterocycles. The molecular formula is C23H25N3O2S2. The molecule has 0 bridgehead atoms. The first kappa shape index (κ1) is 19.8. The van der Waals surface area contributed by atoms with Crippen molar-refractivity contribution in [1.29, 1.82) is 0 Å². The Kier molecular flexibility index (Phi) is 5.41. The number of rotatable bonds is 3. The van der Waals surface area contributed by atoms with Crippen molar-refractivity contribution in [2.45, 2.75) is 55.9 Å². The van der Waals surface area contributed by atoms with E-state index in [1.54, 1.807) is 15.9 Å². The Labute approximate surface area is 183 Å². The van der Waals surface area contributed by atoms with Gasteiger partial charge < -0.3 is 5.32 Å². The van der Waals surface area contributed by atoms with Crippen molar-refractivity contribution in [2.75, 3.05) is 6.54 Å². The summed E-state index contributed by atoms with van der Waals surface area (Å²) in [5, 5.41) is 4.17. The molecule has 7 heteroatoms. The first-order valence-electron chi connectivity index (χ1n) is 10.7. The minimum absolute atomic E-state index is 0.00483. The zero-order valence-corrected chi connectivity index (χ0v) is 18.7. The minimum Gasteiger partial charge on any atom is -0.355 e. The van der Waals surface area contributed by atoms with Crippen LogP contribution in [0.3, 0.4) is 0 Å². The number of amides is 1. The minimum atomic E-state index is -0.221. The predicted molar refractivity (Wildman–Crippen MR) is 123 cm³/mol. The number of para-hydroxylation sites is 1. The summed E-state index contributed by atoms with van der Waals surface area (Å²) < 4.78 is 1.72. The lowest BCUT2D eigenvalue weighted by Crippen LogP contribution is -2.31. The molecule has 2 aromatic heterocycles. The second-order valence-electron chi connectivity index (χ2n) is 8.30. The van der Waals surface area contributed by atoms with Crippen molar-refractivity contribution in [3.63, 3.8) is 0 Å². The van der Waals surface area contributed by atoms with E-state index < -0.39 is 0 Å². The summed E-state index contributed by atoms with van der Waals surface area (Å²) in [7, 11) is 0. The Morgan fingerprint density at radius 3 is 2.83 bits per heavy atom. The highest BCUT2D eigenvalue weighted by Crippen LogP contribution is 2.37. The molecule has 30 heavy (non-hydrogen) atoms. The van der Waals surface area contributed by atoms with Gasteiger partial charge in [0.15, 0.2) is 5.16 Å². The standard InChI is InChI=1S/C23H25N3O2S2/c1-14-10-11-16-18(13-14)29-21-19(16)22(28)26(15-7-3-2-4-8-15)23(25-21)30-17-9-5-6-12-24-20(17)27/h2-4,7-8,14,17H,5-6,9-13H2,1H3,(H,24,27). The lowest BCUT2D eigenvalue weighted by atomic mass is 9.89. The summed E-state index contributed by atoms with van der Waals surface area (Å²) in [5.74, 6) is 0.691. The highest BCUT2D eigenvalue weighted by atomic mass is 32.2. The molecule has 0 radical (unpaired) electrons. The van der Waals surface area contributed by atoms with E-state index in [2.05, 4.69) is 12.2 Å². The average molecular weight is 440 g/mol. The van der Waals surface area contributed by atoms with E-state index in [4.69, 9.17) is 4.98 Å². The number of aryl methyl sites for hydroxylation is 1. The van der Waals surface area contributed by atoms with Crippen LogP contribution in [-0.2, 0) is 17.6 Å². The summed E-state index contributed by atoms with van der Waals surface area (Å²) in [6.45, 7) is 3.00. The molecule has 156 valence electrons. The Hall–Kier alpha value is -2.12. The summed E-state index contributed by atoms with van der Waals surface area (Å²) in [6, 6.07) is 9.69. The summed E-state index contributed by atoms with van der Waals surface area (Å²) in [4.78, 5) is 33.4. The highest BCUT2D eigenvalue weighted by molar-refractivity contribution is 8.00. The Bertz CT molecular complexity index is 1150. The van der Waals surface area contributed by atoms with Crippen LogP contribution in [0.25, 0.3) is 15.9 Å². The van der Waals surface area contributed by atoms with Crippen LogP contribution < -0.4 is 10.9 Å². The number of thioether (sulfide) groups is 1. The first-order valence-corrected chi connectivity index (χ1v) is 12.4. The zero-order chi connectivity index (χ0) is 20.7. The molecule has 0 saturated carbocycles. The van der Waals surface area contributed by atoms with Gasteiger partial charge in [-0.05, 0) is 55.7 Å². The van der Waals surface area contributed by atoms with Gasteiger partial charge in [0.05, 0.1) is 16.3 Å². The van der Waals surface area contributed by atoms with Crippen LogP contribution in [0.5, 0.6) is 0 Å². The molecule has 1 N–H and O–H groups in total. The van der Waals surface area contributed by atoms with Gasteiger partial charge in [0.1, 0.15) is 4.83 Å². The van der Waals surface area contributed by atoms with Crippen LogP contribution in [-0.4, -0.2) is 27.3 Å². The van der Waals surface area contributed by atoms with Crippen LogP contribution in [0, 0.1) is 5.92 Å². The number of thiophene rings is 1. The van der Waals surface area contributed by atoms with E-state index >= 15 is 0 Å². The molecular weight excluding hydrogens is 414 g/mol. The number of aromatic nitrogens is 2. The maximum Gasteiger partial charge on any atom is 0.267 e. The maximum absolute atomic E-state index is 13.8. The van der Waals surface area contributed by atoms with Crippen LogP contribution >= 0.6 is 23.1 Å². The zero-order valence-electron chi connectivity index (χ0n) is 17.0. The number of carbonyl (C=O) groups is 1. The lowest BCUT2D eigenvalue weighted by Gasteiger charge is -2.18. The molecule has 1 aliphatic carbocycles. The Balaban J connectivity index is 1.68. The third kappa shape index (κ3) is 3.58. The highest BCUT2D eigenvalue weighted by Gasteiger charge is 2.28. The van der Waals surface area contributed by atoms with Gasteiger partial charge in [-0.3, -0.25) is 14.2 Å². The molecule has 1 aliphatic heterocycles. The van der Waals surface area contributed by atoms with Gasteiger partial charge in [0.2, 0.25) is 5.91 Å². The van der Waals surface area contributed by atoms with Gasteiger partial charge in [-0.15, -0.1) is 11.3 Å².